The fraction of sp³-hybridized carbons (Fsp3) is 0.192. The van der Waals surface area contributed by atoms with Crippen molar-refractivity contribution in [2.45, 2.75) is 22.8 Å². The number of nitrogens with one attached hydrogen (secondary N) is 2. The number of carbonyl (C=O) groups is 3. The van der Waals surface area contributed by atoms with Crippen molar-refractivity contribution in [2.75, 3.05) is 10.6 Å². The topological polar surface area (TPSA) is 75.3 Å². The summed E-state index contributed by atoms with van der Waals surface area (Å²) < 4.78 is 79.7. The molecule has 1 fully saturated rings. The lowest BCUT2D eigenvalue weighted by atomic mass is 10.1. The van der Waals surface area contributed by atoms with E-state index in [0.29, 0.717) is 17.7 Å². The number of anilines is 2. The van der Waals surface area contributed by atoms with Crippen LogP contribution in [0, 0.1) is 23.4 Å². The van der Waals surface area contributed by atoms with Crippen molar-refractivity contribution in [3.63, 3.8) is 0 Å². The smallest absolute Gasteiger partial charge is 0.326 e. The van der Waals surface area contributed by atoms with Crippen molar-refractivity contribution in [3.05, 3.63) is 90.6 Å². The molecule has 3 aromatic rings. The summed E-state index contributed by atoms with van der Waals surface area (Å²) in [6, 6.07) is 5.68. The van der Waals surface area contributed by atoms with Crippen LogP contribution in [0.25, 0.3) is 0 Å². The minimum atomic E-state index is -5.37. The molecule has 0 spiro atoms. The van der Waals surface area contributed by atoms with Crippen LogP contribution < -0.4 is 10.6 Å². The summed E-state index contributed by atoms with van der Waals surface area (Å²) in [5.41, 5.74) is -2.68. The predicted molar refractivity (Wildman–Crippen MR) is 151 cm³/mol. The summed E-state index contributed by atoms with van der Waals surface area (Å²) >= 11 is 36.6. The van der Waals surface area contributed by atoms with Gasteiger partial charge in [-0.2, -0.15) is 13.2 Å². The molecule has 4 rings (SSSR count). The second kappa shape index (κ2) is 12.2. The molecule has 0 aromatic heterocycles. The fourth-order valence-electron chi connectivity index (χ4n) is 4.18. The number of carbonyl (C=O) groups excluding carboxylic acids is 3. The highest BCUT2D eigenvalue weighted by molar-refractivity contribution is 6.54. The Morgan fingerprint density at radius 1 is 0.837 bits per heavy atom. The van der Waals surface area contributed by atoms with E-state index in [-0.39, 0.29) is 20.8 Å². The number of ketones is 1. The van der Waals surface area contributed by atoms with E-state index in [9.17, 15) is 40.7 Å². The van der Waals surface area contributed by atoms with E-state index in [1.807, 2.05) is 5.32 Å². The molecule has 1 aliphatic rings. The van der Waals surface area contributed by atoms with Gasteiger partial charge in [-0.25, -0.2) is 13.2 Å². The zero-order valence-electron chi connectivity index (χ0n) is 20.6. The molecule has 5 nitrogen and oxygen atoms in total. The molecule has 0 aliphatic heterocycles. The van der Waals surface area contributed by atoms with Gasteiger partial charge in [0.1, 0.15) is 16.0 Å². The molecule has 2 N–H and O–H groups in total. The third-order valence-electron chi connectivity index (χ3n) is 6.33. The predicted octanol–water partition coefficient (Wildman–Crippen LogP) is 9.17. The third-order valence-corrected chi connectivity index (χ3v) is 8.85. The van der Waals surface area contributed by atoms with E-state index in [1.165, 1.54) is 12.1 Å². The van der Waals surface area contributed by atoms with E-state index in [0.717, 1.165) is 12.1 Å². The number of halogens is 12. The van der Waals surface area contributed by atoms with Crippen LogP contribution in [0.3, 0.4) is 0 Å². The highest BCUT2D eigenvalue weighted by Crippen LogP contribution is 2.65. The summed E-state index contributed by atoms with van der Waals surface area (Å²) in [5.74, 6) is -10.8. The molecule has 228 valence electrons. The number of benzene rings is 3. The molecule has 0 radical (unpaired) electrons. The van der Waals surface area contributed by atoms with Crippen LogP contribution in [0.5, 0.6) is 0 Å². The lowest BCUT2D eigenvalue weighted by Crippen LogP contribution is -2.26. The standard InChI is InChI=1S/C26H12Cl6F6N2O3/c27-12-3-8(4-13(28)21(12)30)18-19(25(18,31)32)24(43)39-9-5-11(20(29)15(34)6-9)23(42)40-16-2-1-14(33)10(22(16)35)7-17(41)26(36,37)38/h1-6,18-19H,7H2,(H,39,43)(H,40,42)/t18-,19+/m0/s1. The molecule has 17 heteroatoms. The normalized spacial score (nSPS) is 17.4. The Morgan fingerprint density at radius 2 is 1.44 bits per heavy atom. The Bertz CT molecular complexity index is 1660. The second-order valence-corrected chi connectivity index (χ2v) is 12.2. The third kappa shape index (κ3) is 6.82. The molecule has 1 aliphatic carbocycles. The number of hydrogen-bond acceptors (Lipinski definition) is 3. The van der Waals surface area contributed by atoms with Crippen LogP contribution >= 0.6 is 69.6 Å². The number of rotatable bonds is 7. The van der Waals surface area contributed by atoms with Gasteiger partial charge in [-0.15, -0.1) is 23.2 Å². The molecule has 0 unspecified atom stereocenters. The molecular formula is C26H12Cl6F6N2O3. The highest BCUT2D eigenvalue weighted by atomic mass is 35.5. The number of Topliss-reactive ketones (excluding diaryl/α,β-unsaturated/α-hetero) is 1. The van der Waals surface area contributed by atoms with E-state index >= 15 is 0 Å². The highest BCUT2D eigenvalue weighted by Gasteiger charge is 2.67. The minimum Gasteiger partial charge on any atom is -0.326 e. The SMILES string of the molecule is O=C(Nc1ccc(F)c(CC(=O)C(F)(F)F)c1F)c1cc(NC(=O)[C@H]2[C@H](c3cc(Cl)c(Cl)c(Cl)c3)C2(Cl)Cl)cc(F)c1Cl. The average Bonchev–Trinajstić information content (AvgIpc) is 3.49. The molecule has 2 amide bonds. The summed E-state index contributed by atoms with van der Waals surface area (Å²) in [4.78, 5) is 37.2. The van der Waals surface area contributed by atoms with Gasteiger partial charge in [-0.3, -0.25) is 14.4 Å². The zero-order valence-corrected chi connectivity index (χ0v) is 25.1. The van der Waals surface area contributed by atoms with Crippen molar-refractivity contribution in [3.8, 4) is 0 Å². The Labute approximate surface area is 268 Å². The number of amides is 2. The molecule has 0 bridgehead atoms. The van der Waals surface area contributed by atoms with Crippen molar-refractivity contribution in [2.24, 2.45) is 5.92 Å². The van der Waals surface area contributed by atoms with E-state index < -0.39 is 85.7 Å². The Balaban J connectivity index is 1.56. The van der Waals surface area contributed by atoms with Gasteiger partial charge in [-0.05, 0) is 42.0 Å². The van der Waals surface area contributed by atoms with Gasteiger partial charge in [-0.1, -0.05) is 46.4 Å². The van der Waals surface area contributed by atoms with E-state index in [2.05, 4.69) is 5.32 Å². The van der Waals surface area contributed by atoms with Gasteiger partial charge in [0.05, 0.1) is 37.3 Å². The Hall–Kier alpha value is -2.41. The van der Waals surface area contributed by atoms with E-state index in [1.54, 1.807) is 0 Å². The lowest BCUT2D eigenvalue weighted by Gasteiger charge is -2.13. The zero-order chi connectivity index (χ0) is 32.2. The molecule has 0 saturated heterocycles. The second-order valence-electron chi connectivity index (χ2n) is 9.18. The molecule has 43 heavy (non-hydrogen) atoms. The van der Waals surface area contributed by atoms with Crippen LogP contribution in [0.15, 0.2) is 36.4 Å². The Morgan fingerprint density at radius 3 is 2.02 bits per heavy atom. The van der Waals surface area contributed by atoms with Crippen LogP contribution in [0.1, 0.15) is 27.4 Å². The quantitative estimate of drug-likeness (QED) is 0.145. The Kier molecular flexibility index (Phi) is 9.48. The first-order chi connectivity index (χ1) is 19.8. The summed E-state index contributed by atoms with van der Waals surface area (Å²) in [6.07, 6.45) is -7.04. The first-order valence-electron chi connectivity index (χ1n) is 11.5. The van der Waals surface area contributed by atoms with Crippen LogP contribution in [-0.4, -0.2) is 28.1 Å². The van der Waals surface area contributed by atoms with Gasteiger partial charge in [0.15, 0.2) is 5.82 Å². The maximum Gasteiger partial charge on any atom is 0.450 e. The van der Waals surface area contributed by atoms with E-state index in [4.69, 9.17) is 69.6 Å². The molecule has 1 saturated carbocycles. The van der Waals surface area contributed by atoms with Gasteiger partial charge < -0.3 is 10.6 Å². The first kappa shape index (κ1) is 33.5. The summed E-state index contributed by atoms with van der Waals surface area (Å²) in [7, 11) is 0. The lowest BCUT2D eigenvalue weighted by molar-refractivity contribution is -0.170. The summed E-state index contributed by atoms with van der Waals surface area (Å²) in [5, 5.41) is 3.72. The van der Waals surface area contributed by atoms with Crippen molar-refractivity contribution in [1.29, 1.82) is 0 Å². The maximum absolute atomic E-state index is 14.8. The number of alkyl halides is 5. The minimum absolute atomic E-state index is 0.0671. The van der Waals surface area contributed by atoms with Crippen molar-refractivity contribution < 1.29 is 40.7 Å². The largest absolute Gasteiger partial charge is 0.450 e. The van der Waals surface area contributed by atoms with Gasteiger partial charge in [0.25, 0.3) is 5.91 Å². The molecule has 0 heterocycles. The average molecular weight is 727 g/mol. The monoisotopic (exact) mass is 724 g/mol. The van der Waals surface area contributed by atoms with Crippen molar-refractivity contribution >= 4 is 98.6 Å². The van der Waals surface area contributed by atoms with Crippen molar-refractivity contribution in [1.82, 2.24) is 0 Å². The summed E-state index contributed by atoms with van der Waals surface area (Å²) in [6.45, 7) is 0. The molecule has 3 aromatic carbocycles. The van der Waals surface area contributed by atoms with Gasteiger partial charge >= 0.3 is 6.18 Å². The first-order valence-corrected chi connectivity index (χ1v) is 13.8. The van der Waals surface area contributed by atoms with Crippen LogP contribution in [0.4, 0.5) is 37.7 Å². The molecule has 2 atom stereocenters. The maximum atomic E-state index is 14.8. The van der Waals surface area contributed by atoms with Crippen LogP contribution in [-0.2, 0) is 16.0 Å². The van der Waals surface area contributed by atoms with Gasteiger partial charge in [0, 0.05) is 23.6 Å². The van der Waals surface area contributed by atoms with Crippen LogP contribution in [0.2, 0.25) is 20.1 Å². The number of hydrogen-bond donors (Lipinski definition) is 2. The molecular weight excluding hydrogens is 715 g/mol. The fourth-order valence-corrected chi connectivity index (χ4v) is 5.81. The van der Waals surface area contributed by atoms with Gasteiger partial charge in [0.2, 0.25) is 11.7 Å².